The number of benzene rings is 3. The van der Waals surface area contributed by atoms with Gasteiger partial charge in [-0.05, 0) is 35.4 Å². The van der Waals surface area contributed by atoms with Crippen molar-refractivity contribution in [3.8, 4) is 5.75 Å². The van der Waals surface area contributed by atoms with Crippen LogP contribution in [0.2, 0.25) is 10.0 Å². The van der Waals surface area contributed by atoms with E-state index in [9.17, 15) is 22.3 Å². The molecule has 3 aromatic carbocycles. The number of ether oxygens (including phenoxy) is 1. The minimum absolute atomic E-state index is 0.112. The van der Waals surface area contributed by atoms with Crippen LogP contribution in [0.4, 0.5) is 8.78 Å². The monoisotopic (exact) mass is 556 g/mol. The molecule has 0 amide bonds. The second kappa shape index (κ2) is 11.4. The maximum absolute atomic E-state index is 13.9. The molecule has 1 heterocycles. The van der Waals surface area contributed by atoms with Gasteiger partial charge in [0.25, 0.3) is 0 Å². The minimum atomic E-state index is -3.98. The normalized spacial score (nSPS) is 16.2. The number of sulfonamides is 1. The zero-order valence-corrected chi connectivity index (χ0v) is 21.4. The average molecular weight is 557 g/mol. The molecule has 0 radical (unpaired) electrons. The molecule has 1 aliphatic rings. The molecule has 4 rings (SSSR count). The number of hydrogen-bond acceptors (Lipinski definition) is 5. The number of phenolic OH excluding ortho intramolecular Hbond substituents is 1. The molecule has 192 valence electrons. The van der Waals surface area contributed by atoms with E-state index >= 15 is 0 Å². The minimum Gasteiger partial charge on any atom is -0.505 e. The fourth-order valence-electron chi connectivity index (χ4n) is 4.06. The number of nitrogens with zero attached hydrogens (tertiary/aromatic N) is 2. The third-order valence-corrected chi connectivity index (χ3v) is 8.40. The highest BCUT2D eigenvalue weighted by molar-refractivity contribution is 7.89. The number of phenols is 1. The zero-order chi connectivity index (χ0) is 25.9. The summed E-state index contributed by atoms with van der Waals surface area (Å²) in [5.41, 5.74) is 1.30. The Hall–Kier alpha value is -2.27. The topological polar surface area (TPSA) is 70.1 Å². The van der Waals surface area contributed by atoms with Gasteiger partial charge in [0, 0.05) is 37.7 Å². The molecule has 0 aliphatic carbocycles. The fraction of sp³-hybridized carbons (Fsp3) is 0.280. The van der Waals surface area contributed by atoms with Crippen molar-refractivity contribution in [1.29, 1.82) is 0 Å². The molecule has 0 aromatic heterocycles. The lowest BCUT2D eigenvalue weighted by atomic mass is 10.0. The van der Waals surface area contributed by atoms with Gasteiger partial charge >= 0.3 is 0 Å². The molecular weight excluding hydrogens is 533 g/mol. The van der Waals surface area contributed by atoms with Crippen molar-refractivity contribution < 1.29 is 27.0 Å². The van der Waals surface area contributed by atoms with Crippen LogP contribution in [0.1, 0.15) is 17.2 Å². The van der Waals surface area contributed by atoms with Crippen molar-refractivity contribution in [2.45, 2.75) is 11.0 Å². The van der Waals surface area contributed by atoms with Crippen LogP contribution in [-0.2, 0) is 14.8 Å². The van der Waals surface area contributed by atoms with E-state index in [0.717, 1.165) is 17.7 Å². The van der Waals surface area contributed by atoms with Gasteiger partial charge in [0.05, 0.1) is 11.6 Å². The van der Waals surface area contributed by atoms with Gasteiger partial charge in [0.1, 0.15) is 11.0 Å². The van der Waals surface area contributed by atoms with Crippen molar-refractivity contribution >= 4 is 33.2 Å². The number of piperazine rings is 1. The van der Waals surface area contributed by atoms with E-state index in [1.807, 2.05) is 35.2 Å². The number of aromatic hydroxyl groups is 1. The molecule has 36 heavy (non-hydrogen) atoms. The molecule has 0 bridgehead atoms. The van der Waals surface area contributed by atoms with Crippen LogP contribution in [0.15, 0.2) is 65.6 Å². The summed E-state index contributed by atoms with van der Waals surface area (Å²) in [6.45, 7) is 2.09. The number of rotatable bonds is 8. The van der Waals surface area contributed by atoms with Crippen molar-refractivity contribution in [2.24, 2.45) is 0 Å². The summed E-state index contributed by atoms with van der Waals surface area (Å²) in [5, 5.41) is 10.1. The highest BCUT2D eigenvalue weighted by Crippen LogP contribution is 2.36. The molecule has 6 nitrogen and oxygen atoms in total. The molecule has 0 spiro atoms. The van der Waals surface area contributed by atoms with Gasteiger partial charge in [0.2, 0.25) is 10.0 Å². The molecule has 0 unspecified atom stereocenters. The SMILES string of the molecule is O=S(=O)(c1cc(Cl)cc(Cl)c1O)N1CCN(CCO[C@@H](c2ccccc2)c2ccc(F)c(F)c2)CC1. The van der Waals surface area contributed by atoms with Crippen LogP contribution in [0.25, 0.3) is 0 Å². The van der Waals surface area contributed by atoms with Gasteiger partial charge in [-0.2, -0.15) is 4.31 Å². The molecule has 1 aliphatic heterocycles. The molecule has 11 heteroatoms. The maximum Gasteiger partial charge on any atom is 0.246 e. The highest BCUT2D eigenvalue weighted by atomic mass is 35.5. The molecule has 0 saturated carbocycles. The lowest BCUT2D eigenvalue weighted by Crippen LogP contribution is -2.49. The summed E-state index contributed by atoms with van der Waals surface area (Å²) in [6.07, 6.45) is -0.585. The first-order chi connectivity index (χ1) is 17.2. The predicted octanol–water partition coefficient (Wildman–Crippen LogP) is 5.09. The van der Waals surface area contributed by atoms with E-state index in [-0.39, 0.29) is 34.6 Å². The van der Waals surface area contributed by atoms with Crippen LogP contribution in [0.3, 0.4) is 0 Å². The Morgan fingerprint density at radius 1 is 0.917 bits per heavy atom. The van der Waals surface area contributed by atoms with Gasteiger partial charge in [-0.1, -0.05) is 59.6 Å². The Balaban J connectivity index is 1.38. The van der Waals surface area contributed by atoms with E-state index in [0.29, 0.717) is 25.2 Å². The quantitative estimate of drug-likeness (QED) is 0.418. The molecule has 1 fully saturated rings. The van der Waals surface area contributed by atoms with Crippen molar-refractivity contribution in [3.63, 3.8) is 0 Å². The second-order valence-electron chi connectivity index (χ2n) is 8.32. The first kappa shape index (κ1) is 26.8. The van der Waals surface area contributed by atoms with Gasteiger partial charge in [0.15, 0.2) is 17.4 Å². The van der Waals surface area contributed by atoms with Crippen LogP contribution in [0, 0.1) is 11.6 Å². The molecule has 1 N–H and O–H groups in total. The molecule has 1 atom stereocenters. The number of halogens is 4. The van der Waals surface area contributed by atoms with Gasteiger partial charge < -0.3 is 9.84 Å². The highest BCUT2D eigenvalue weighted by Gasteiger charge is 2.31. The third-order valence-electron chi connectivity index (χ3n) is 5.98. The number of hydrogen-bond donors (Lipinski definition) is 1. The van der Waals surface area contributed by atoms with Gasteiger partial charge in [-0.3, -0.25) is 4.90 Å². The summed E-state index contributed by atoms with van der Waals surface area (Å²) in [5.74, 6) is -2.39. The van der Waals surface area contributed by atoms with Crippen LogP contribution in [-0.4, -0.2) is 62.1 Å². The maximum atomic E-state index is 13.9. The first-order valence-corrected chi connectivity index (χ1v) is 13.4. The lowest BCUT2D eigenvalue weighted by molar-refractivity contribution is 0.0525. The summed E-state index contributed by atoms with van der Waals surface area (Å²) in [4.78, 5) is 1.72. The first-order valence-electron chi connectivity index (χ1n) is 11.2. The molecule has 1 saturated heterocycles. The van der Waals surface area contributed by atoms with E-state index in [1.54, 1.807) is 0 Å². The van der Waals surface area contributed by atoms with Crippen molar-refractivity contribution in [1.82, 2.24) is 9.21 Å². The van der Waals surface area contributed by atoms with Crippen molar-refractivity contribution in [3.05, 3.63) is 93.5 Å². The van der Waals surface area contributed by atoms with E-state index in [2.05, 4.69) is 0 Å². The Labute approximate surface area is 218 Å². The largest absolute Gasteiger partial charge is 0.505 e. The summed E-state index contributed by atoms with van der Waals surface area (Å²) < 4.78 is 60.8. The summed E-state index contributed by atoms with van der Waals surface area (Å²) in [6, 6.07) is 15.4. The van der Waals surface area contributed by atoms with Gasteiger partial charge in [-0.15, -0.1) is 0 Å². The Kier molecular flexibility index (Phi) is 8.49. The van der Waals surface area contributed by atoms with E-state index < -0.39 is 33.5 Å². The fourth-order valence-corrected chi connectivity index (χ4v) is 6.23. The Bertz CT molecular complexity index is 1320. The Morgan fingerprint density at radius 3 is 2.28 bits per heavy atom. The standard InChI is InChI=1S/C25H24Cl2F2N2O4S/c26-19-15-20(27)24(32)23(16-19)36(33,34)31-10-8-30(9-11-31)12-13-35-25(17-4-2-1-3-5-17)18-6-7-21(28)22(29)14-18/h1-7,14-16,25,32H,8-13H2/t25-/m0/s1. The van der Waals surface area contributed by atoms with Crippen LogP contribution in [0.5, 0.6) is 5.75 Å². The average Bonchev–Trinajstić information content (AvgIpc) is 2.86. The summed E-state index contributed by atoms with van der Waals surface area (Å²) >= 11 is 11.8. The van der Waals surface area contributed by atoms with Crippen LogP contribution < -0.4 is 0 Å². The molecule has 3 aromatic rings. The van der Waals surface area contributed by atoms with E-state index in [1.165, 1.54) is 22.5 Å². The van der Waals surface area contributed by atoms with E-state index in [4.69, 9.17) is 27.9 Å². The second-order valence-corrected chi connectivity index (χ2v) is 11.1. The zero-order valence-electron chi connectivity index (χ0n) is 19.1. The third kappa shape index (κ3) is 5.99. The van der Waals surface area contributed by atoms with Crippen molar-refractivity contribution in [2.75, 3.05) is 39.3 Å². The predicted molar refractivity (Wildman–Crippen MR) is 134 cm³/mol. The smallest absolute Gasteiger partial charge is 0.246 e. The summed E-state index contributed by atoms with van der Waals surface area (Å²) in [7, 11) is -3.98. The molecular formula is C25H24Cl2F2N2O4S. The Morgan fingerprint density at radius 2 is 1.61 bits per heavy atom. The van der Waals surface area contributed by atoms with Gasteiger partial charge in [-0.25, -0.2) is 17.2 Å². The lowest BCUT2D eigenvalue weighted by Gasteiger charge is -2.34. The van der Waals surface area contributed by atoms with Crippen LogP contribution >= 0.6 is 23.2 Å².